The number of nitrogens with one attached hydrogen (secondary N) is 1. The molecule has 1 amide bonds. The summed E-state index contributed by atoms with van der Waals surface area (Å²) in [5.74, 6) is -0.0318. The van der Waals surface area contributed by atoms with Gasteiger partial charge in [-0.1, -0.05) is 0 Å². The monoisotopic (exact) mass is 327 g/mol. The second-order valence-electron chi connectivity index (χ2n) is 4.61. The van der Waals surface area contributed by atoms with Crippen molar-refractivity contribution in [1.29, 1.82) is 0 Å². The van der Waals surface area contributed by atoms with E-state index < -0.39 is 43.2 Å². The largest absolute Gasteiger partial charge is 0.394 e. The van der Waals surface area contributed by atoms with Gasteiger partial charge in [0.2, 0.25) is 5.91 Å². The van der Waals surface area contributed by atoms with E-state index in [1.807, 2.05) is 0 Å². The maximum absolute atomic E-state index is 11.2. The van der Waals surface area contributed by atoms with Crippen LogP contribution in [0.15, 0.2) is 0 Å². The molecule has 0 aromatic heterocycles. The van der Waals surface area contributed by atoms with Crippen molar-refractivity contribution in [2.24, 2.45) is 0 Å². The molecule has 1 heterocycles. The molecule has 0 radical (unpaired) electrons. The fourth-order valence-electron chi connectivity index (χ4n) is 1.99. The average molecular weight is 328 g/mol. The highest BCUT2D eigenvalue weighted by Gasteiger charge is 2.45. The zero-order chi connectivity index (χ0) is 15.8. The Morgan fingerprint density at radius 1 is 1.29 bits per heavy atom. The molecule has 8 nitrogen and oxygen atoms in total. The molecule has 0 spiro atoms. The third-order valence-corrected chi connectivity index (χ3v) is 3.14. The molecule has 0 unspecified atom stereocenters. The van der Waals surface area contributed by atoms with E-state index in [9.17, 15) is 15.0 Å². The summed E-state index contributed by atoms with van der Waals surface area (Å²) >= 11 is 5.46. The van der Waals surface area contributed by atoms with Gasteiger partial charge in [0, 0.05) is 12.8 Å². The van der Waals surface area contributed by atoms with Crippen molar-refractivity contribution in [3.05, 3.63) is 0 Å². The topological polar surface area (TPSA) is 117 Å². The van der Waals surface area contributed by atoms with Crippen molar-refractivity contribution in [3.63, 3.8) is 0 Å². The average Bonchev–Trinajstić information content (AvgIpc) is 2.45. The number of ether oxygens (including phenoxy) is 3. The Labute approximate surface area is 127 Å². The first-order valence-corrected chi connectivity index (χ1v) is 7.19. The molecule has 0 saturated carbocycles. The molecule has 1 rings (SSSR count). The fourth-order valence-corrected chi connectivity index (χ4v) is 2.10. The van der Waals surface area contributed by atoms with Gasteiger partial charge in [-0.3, -0.25) is 4.79 Å². The molecule has 4 N–H and O–H groups in total. The van der Waals surface area contributed by atoms with Gasteiger partial charge in [0.15, 0.2) is 6.29 Å². The Morgan fingerprint density at radius 2 is 2.00 bits per heavy atom. The highest BCUT2D eigenvalue weighted by molar-refractivity contribution is 6.17. The van der Waals surface area contributed by atoms with Crippen LogP contribution in [0.5, 0.6) is 0 Å². The molecule has 124 valence electrons. The van der Waals surface area contributed by atoms with E-state index in [4.69, 9.17) is 30.9 Å². The van der Waals surface area contributed by atoms with Crippen LogP contribution in [0.3, 0.4) is 0 Å². The Morgan fingerprint density at radius 3 is 2.57 bits per heavy atom. The molecule has 1 aliphatic rings. The van der Waals surface area contributed by atoms with E-state index in [0.29, 0.717) is 12.5 Å². The lowest BCUT2D eigenvalue weighted by Gasteiger charge is -2.42. The van der Waals surface area contributed by atoms with Gasteiger partial charge in [0.25, 0.3) is 0 Å². The van der Waals surface area contributed by atoms with Gasteiger partial charge in [-0.15, -0.1) is 11.6 Å². The molecule has 21 heavy (non-hydrogen) atoms. The van der Waals surface area contributed by atoms with Crippen LogP contribution in [0, 0.1) is 0 Å². The smallest absolute Gasteiger partial charge is 0.217 e. The quantitative estimate of drug-likeness (QED) is 0.307. The second-order valence-corrected chi connectivity index (χ2v) is 4.98. The number of amides is 1. The van der Waals surface area contributed by atoms with Crippen LogP contribution in [0.2, 0.25) is 0 Å². The van der Waals surface area contributed by atoms with Gasteiger partial charge in [-0.25, -0.2) is 0 Å². The van der Waals surface area contributed by atoms with Crippen molar-refractivity contribution >= 4 is 17.5 Å². The summed E-state index contributed by atoms with van der Waals surface area (Å²) in [7, 11) is 0. The standard InChI is InChI=1S/C12H22ClNO7/c1-7(16)14-9-11(18)10(17)8(6-15)21-12(9)20-5-4-19-3-2-13/h8-12,15,17-18H,2-6H2,1H3,(H,14,16)/t8-,9-,10-,11-,12-/m1/s1. The normalized spacial score (nSPS) is 32.9. The van der Waals surface area contributed by atoms with Crippen LogP contribution < -0.4 is 5.32 Å². The van der Waals surface area contributed by atoms with Crippen molar-refractivity contribution in [2.75, 3.05) is 32.3 Å². The summed E-state index contributed by atoms with van der Waals surface area (Å²) in [5.41, 5.74) is 0. The van der Waals surface area contributed by atoms with Crippen molar-refractivity contribution in [3.8, 4) is 0 Å². The number of hydrogen-bond acceptors (Lipinski definition) is 7. The molecular weight excluding hydrogens is 306 g/mol. The number of halogens is 1. The van der Waals surface area contributed by atoms with Gasteiger partial charge < -0.3 is 34.8 Å². The first-order valence-electron chi connectivity index (χ1n) is 6.66. The number of carbonyl (C=O) groups is 1. The molecular formula is C12H22ClNO7. The van der Waals surface area contributed by atoms with E-state index in [2.05, 4.69) is 5.32 Å². The van der Waals surface area contributed by atoms with Gasteiger partial charge in [-0.2, -0.15) is 0 Å². The first kappa shape index (κ1) is 18.6. The van der Waals surface area contributed by atoms with Gasteiger partial charge in [0.1, 0.15) is 24.4 Å². The minimum Gasteiger partial charge on any atom is -0.394 e. The maximum Gasteiger partial charge on any atom is 0.217 e. The Kier molecular flexibility index (Phi) is 8.42. The van der Waals surface area contributed by atoms with Crippen LogP contribution in [0.4, 0.5) is 0 Å². The number of alkyl halides is 1. The van der Waals surface area contributed by atoms with Gasteiger partial charge >= 0.3 is 0 Å². The predicted molar refractivity (Wildman–Crippen MR) is 72.9 cm³/mol. The maximum atomic E-state index is 11.2. The molecule has 9 heteroatoms. The number of aliphatic hydroxyl groups excluding tert-OH is 3. The van der Waals surface area contributed by atoms with Crippen LogP contribution in [0.25, 0.3) is 0 Å². The molecule has 0 bridgehead atoms. The summed E-state index contributed by atoms with van der Waals surface area (Å²) in [6, 6.07) is -0.937. The molecule has 1 fully saturated rings. The van der Waals surface area contributed by atoms with E-state index in [1.165, 1.54) is 6.92 Å². The minimum atomic E-state index is -1.32. The van der Waals surface area contributed by atoms with E-state index in [-0.39, 0.29) is 13.2 Å². The highest BCUT2D eigenvalue weighted by Crippen LogP contribution is 2.22. The molecule has 0 aromatic rings. The summed E-state index contributed by atoms with van der Waals surface area (Å²) in [6.45, 7) is 1.60. The molecule has 0 aliphatic carbocycles. The molecule has 1 aliphatic heterocycles. The molecule has 1 saturated heterocycles. The number of rotatable bonds is 8. The summed E-state index contributed by atoms with van der Waals surface area (Å²) in [4.78, 5) is 11.2. The van der Waals surface area contributed by atoms with Crippen LogP contribution in [-0.2, 0) is 19.0 Å². The SMILES string of the molecule is CC(=O)N[C@H]1[C@H](OCCOCCCl)O[C@H](CO)[C@@H](O)[C@@H]1O. The highest BCUT2D eigenvalue weighted by atomic mass is 35.5. The summed E-state index contributed by atoms with van der Waals surface area (Å²) < 4.78 is 15.9. The minimum absolute atomic E-state index is 0.151. The Hall–Kier alpha value is -0.480. The fraction of sp³-hybridized carbons (Fsp3) is 0.917. The number of hydrogen-bond donors (Lipinski definition) is 4. The lowest BCUT2D eigenvalue weighted by atomic mass is 9.97. The van der Waals surface area contributed by atoms with E-state index in [1.54, 1.807) is 0 Å². The van der Waals surface area contributed by atoms with Crippen molar-refractivity contribution in [1.82, 2.24) is 5.32 Å². The summed E-state index contributed by atoms with van der Waals surface area (Å²) in [6.07, 6.45) is -4.62. The molecule has 0 aromatic carbocycles. The third-order valence-electron chi connectivity index (χ3n) is 2.98. The summed E-state index contributed by atoms with van der Waals surface area (Å²) in [5, 5.41) is 31.4. The van der Waals surface area contributed by atoms with E-state index in [0.717, 1.165) is 0 Å². The van der Waals surface area contributed by atoms with Crippen LogP contribution in [0.1, 0.15) is 6.92 Å². The Balaban J connectivity index is 2.58. The lowest BCUT2D eigenvalue weighted by Crippen LogP contribution is -2.64. The zero-order valence-electron chi connectivity index (χ0n) is 11.8. The van der Waals surface area contributed by atoms with Gasteiger partial charge in [0.05, 0.1) is 26.4 Å². The lowest BCUT2D eigenvalue weighted by molar-refractivity contribution is -0.271. The van der Waals surface area contributed by atoms with Crippen LogP contribution >= 0.6 is 11.6 Å². The van der Waals surface area contributed by atoms with Gasteiger partial charge in [-0.05, 0) is 0 Å². The second kappa shape index (κ2) is 9.52. The predicted octanol–water partition coefficient (Wildman–Crippen LogP) is -1.80. The van der Waals surface area contributed by atoms with Crippen molar-refractivity contribution < 1.29 is 34.3 Å². The number of carbonyl (C=O) groups excluding carboxylic acids is 1. The van der Waals surface area contributed by atoms with Crippen molar-refractivity contribution in [2.45, 2.75) is 37.6 Å². The zero-order valence-corrected chi connectivity index (χ0v) is 12.5. The number of aliphatic hydroxyl groups is 3. The Bertz CT molecular complexity index is 320. The first-order chi connectivity index (χ1) is 10.0. The molecule has 5 atom stereocenters. The van der Waals surface area contributed by atoms with Crippen LogP contribution in [-0.4, -0.2) is 84.2 Å². The third kappa shape index (κ3) is 5.67. The van der Waals surface area contributed by atoms with E-state index >= 15 is 0 Å².